The zero-order valence-electron chi connectivity index (χ0n) is 19.3. The molecule has 1 aromatic carbocycles. The van der Waals surface area contributed by atoms with Crippen molar-refractivity contribution in [2.24, 2.45) is 0 Å². The summed E-state index contributed by atoms with van der Waals surface area (Å²) in [5.41, 5.74) is 3.56. The number of carbonyl (C=O) groups excluding carboxylic acids is 2. The smallest absolute Gasteiger partial charge is 0.253 e. The standard InChI is InChI=1S/C25H31N5O3/c1-18(31)28-23-16-19(25(32)29(2)12-10-21-8-4-6-14-33-21)15-22-24(23)30(17-27-22)13-9-20-7-3-5-11-26-20/h3,5,7,11,15-17,21H,4,6,8-10,12-14H2,1-2H3,(H,28,31)/t21-/m1/s1. The lowest BCUT2D eigenvalue weighted by atomic mass is 10.1. The van der Waals surface area contributed by atoms with Gasteiger partial charge in [0.15, 0.2) is 0 Å². The number of fused-ring (bicyclic) bond motifs is 1. The number of hydrogen-bond donors (Lipinski definition) is 1. The Bertz CT molecular complexity index is 1110. The highest BCUT2D eigenvalue weighted by Crippen LogP contribution is 2.26. The summed E-state index contributed by atoms with van der Waals surface area (Å²) in [6.07, 6.45) is 8.66. The number of ether oxygens (including phenoxy) is 1. The molecule has 3 aromatic rings. The molecule has 1 fully saturated rings. The summed E-state index contributed by atoms with van der Waals surface area (Å²) in [5.74, 6) is -0.288. The molecule has 0 spiro atoms. The molecular weight excluding hydrogens is 418 g/mol. The molecule has 0 bridgehead atoms. The monoisotopic (exact) mass is 449 g/mol. The third kappa shape index (κ3) is 5.76. The van der Waals surface area contributed by atoms with Crippen LogP contribution in [0.5, 0.6) is 0 Å². The highest BCUT2D eigenvalue weighted by Gasteiger charge is 2.20. The third-order valence-electron chi connectivity index (χ3n) is 6.01. The zero-order chi connectivity index (χ0) is 23.2. The first-order valence-corrected chi connectivity index (χ1v) is 11.5. The minimum absolute atomic E-state index is 0.0950. The fraction of sp³-hybridized carbons (Fsp3) is 0.440. The Morgan fingerprint density at radius 1 is 1.24 bits per heavy atom. The fourth-order valence-electron chi connectivity index (χ4n) is 4.26. The van der Waals surface area contributed by atoms with Crippen molar-refractivity contribution in [3.63, 3.8) is 0 Å². The van der Waals surface area contributed by atoms with E-state index in [1.165, 1.54) is 13.3 Å². The molecule has 4 rings (SSSR count). The summed E-state index contributed by atoms with van der Waals surface area (Å²) in [6.45, 7) is 3.55. The molecule has 2 aromatic heterocycles. The van der Waals surface area contributed by atoms with E-state index in [4.69, 9.17) is 4.74 Å². The Balaban J connectivity index is 1.53. The molecule has 8 nitrogen and oxygen atoms in total. The molecule has 8 heteroatoms. The van der Waals surface area contributed by atoms with Gasteiger partial charge in [-0.15, -0.1) is 0 Å². The molecule has 3 heterocycles. The maximum Gasteiger partial charge on any atom is 0.253 e. The largest absolute Gasteiger partial charge is 0.378 e. The lowest BCUT2D eigenvalue weighted by molar-refractivity contribution is -0.114. The van der Waals surface area contributed by atoms with Crippen LogP contribution in [0.2, 0.25) is 0 Å². The SMILES string of the molecule is CC(=O)Nc1cc(C(=O)N(C)CC[C@H]2CCCCO2)cc2ncn(CCc3ccccn3)c12. The number of nitrogens with one attached hydrogen (secondary N) is 1. The van der Waals surface area contributed by atoms with Crippen molar-refractivity contribution in [3.8, 4) is 0 Å². The molecule has 1 N–H and O–H groups in total. The first-order chi connectivity index (χ1) is 16.0. The second kappa shape index (κ2) is 10.6. The van der Waals surface area contributed by atoms with Crippen molar-refractivity contribution in [2.45, 2.75) is 51.7 Å². The Kier molecular flexibility index (Phi) is 7.34. The van der Waals surface area contributed by atoms with E-state index in [1.807, 2.05) is 22.8 Å². The van der Waals surface area contributed by atoms with Crippen LogP contribution >= 0.6 is 0 Å². The third-order valence-corrected chi connectivity index (χ3v) is 6.01. The maximum atomic E-state index is 13.1. The Morgan fingerprint density at radius 2 is 2.12 bits per heavy atom. The van der Waals surface area contributed by atoms with Crippen LogP contribution in [0.3, 0.4) is 0 Å². The fourth-order valence-corrected chi connectivity index (χ4v) is 4.26. The van der Waals surface area contributed by atoms with Gasteiger partial charge >= 0.3 is 0 Å². The molecule has 0 saturated carbocycles. The summed E-state index contributed by atoms with van der Waals surface area (Å²) >= 11 is 0. The Labute approximate surface area is 194 Å². The Morgan fingerprint density at radius 3 is 2.85 bits per heavy atom. The molecule has 1 saturated heterocycles. The second-order valence-electron chi connectivity index (χ2n) is 8.59. The second-order valence-corrected chi connectivity index (χ2v) is 8.59. The van der Waals surface area contributed by atoms with Crippen molar-refractivity contribution >= 4 is 28.5 Å². The van der Waals surface area contributed by atoms with Gasteiger partial charge in [0, 0.05) is 57.5 Å². The average molecular weight is 450 g/mol. The zero-order valence-corrected chi connectivity index (χ0v) is 19.3. The highest BCUT2D eigenvalue weighted by molar-refractivity contribution is 6.04. The number of rotatable bonds is 8. The van der Waals surface area contributed by atoms with Gasteiger partial charge in [-0.3, -0.25) is 14.6 Å². The molecule has 0 unspecified atom stereocenters. The Hall–Kier alpha value is -3.26. The lowest BCUT2D eigenvalue weighted by Crippen LogP contribution is -2.31. The van der Waals surface area contributed by atoms with Crippen LogP contribution in [0, 0.1) is 0 Å². The van der Waals surface area contributed by atoms with Gasteiger partial charge in [-0.05, 0) is 49.9 Å². The van der Waals surface area contributed by atoms with Crippen LogP contribution in [0.1, 0.15) is 48.7 Å². The number of aryl methyl sites for hydroxylation is 2. The van der Waals surface area contributed by atoms with Crippen LogP contribution in [-0.2, 0) is 22.5 Å². The van der Waals surface area contributed by atoms with Crippen LogP contribution in [0.4, 0.5) is 5.69 Å². The molecule has 1 atom stereocenters. The summed E-state index contributed by atoms with van der Waals surface area (Å²) < 4.78 is 7.78. The van der Waals surface area contributed by atoms with E-state index in [2.05, 4.69) is 15.3 Å². The number of imidazole rings is 1. The van der Waals surface area contributed by atoms with Crippen LogP contribution < -0.4 is 5.32 Å². The summed E-state index contributed by atoms with van der Waals surface area (Å²) in [7, 11) is 1.80. The van der Waals surface area contributed by atoms with E-state index in [-0.39, 0.29) is 17.9 Å². The van der Waals surface area contributed by atoms with Gasteiger partial charge in [0.2, 0.25) is 5.91 Å². The average Bonchev–Trinajstić information content (AvgIpc) is 3.25. The number of hydrogen-bond acceptors (Lipinski definition) is 5. The van der Waals surface area contributed by atoms with Gasteiger partial charge in [0.1, 0.15) is 0 Å². The van der Waals surface area contributed by atoms with E-state index in [1.54, 1.807) is 36.6 Å². The highest BCUT2D eigenvalue weighted by atomic mass is 16.5. The van der Waals surface area contributed by atoms with Crippen LogP contribution in [0.15, 0.2) is 42.9 Å². The van der Waals surface area contributed by atoms with Crippen molar-refractivity contribution < 1.29 is 14.3 Å². The first kappa shape index (κ1) is 22.9. The van der Waals surface area contributed by atoms with E-state index in [9.17, 15) is 9.59 Å². The van der Waals surface area contributed by atoms with Gasteiger partial charge in [0.05, 0.1) is 29.2 Å². The predicted molar refractivity (Wildman–Crippen MR) is 127 cm³/mol. The maximum absolute atomic E-state index is 13.1. The minimum atomic E-state index is -0.193. The first-order valence-electron chi connectivity index (χ1n) is 11.5. The number of anilines is 1. The number of benzene rings is 1. The van der Waals surface area contributed by atoms with Gasteiger partial charge in [0.25, 0.3) is 5.91 Å². The molecule has 0 aliphatic carbocycles. The normalized spacial score (nSPS) is 16.0. The summed E-state index contributed by atoms with van der Waals surface area (Å²) in [6, 6.07) is 9.39. The number of amides is 2. The van der Waals surface area contributed by atoms with Crippen molar-refractivity contribution in [3.05, 3.63) is 54.1 Å². The van der Waals surface area contributed by atoms with E-state index < -0.39 is 0 Å². The van der Waals surface area contributed by atoms with Crippen molar-refractivity contribution in [1.82, 2.24) is 19.4 Å². The van der Waals surface area contributed by atoms with Gasteiger partial charge in [-0.1, -0.05) is 6.07 Å². The van der Waals surface area contributed by atoms with E-state index in [0.717, 1.165) is 43.5 Å². The molecular formula is C25H31N5O3. The van der Waals surface area contributed by atoms with Crippen molar-refractivity contribution in [1.29, 1.82) is 0 Å². The van der Waals surface area contributed by atoms with Crippen LogP contribution in [0.25, 0.3) is 11.0 Å². The summed E-state index contributed by atoms with van der Waals surface area (Å²) in [4.78, 5) is 35.7. The van der Waals surface area contributed by atoms with Crippen LogP contribution in [-0.4, -0.2) is 57.6 Å². The van der Waals surface area contributed by atoms with Crippen molar-refractivity contribution in [2.75, 3.05) is 25.5 Å². The molecule has 174 valence electrons. The number of nitrogens with zero attached hydrogens (tertiary/aromatic N) is 4. The molecule has 2 amide bonds. The van der Waals surface area contributed by atoms with Gasteiger partial charge < -0.3 is 19.5 Å². The summed E-state index contributed by atoms with van der Waals surface area (Å²) in [5, 5.41) is 2.88. The number of aromatic nitrogens is 3. The van der Waals surface area contributed by atoms with E-state index in [0.29, 0.717) is 29.9 Å². The topological polar surface area (TPSA) is 89.4 Å². The number of carbonyl (C=O) groups is 2. The quantitative estimate of drug-likeness (QED) is 0.567. The van der Waals surface area contributed by atoms with E-state index >= 15 is 0 Å². The minimum Gasteiger partial charge on any atom is -0.378 e. The predicted octanol–water partition coefficient (Wildman–Crippen LogP) is 3.66. The van der Waals surface area contributed by atoms with Gasteiger partial charge in [-0.25, -0.2) is 4.98 Å². The number of pyridine rings is 1. The van der Waals surface area contributed by atoms with Gasteiger partial charge in [-0.2, -0.15) is 0 Å². The molecule has 0 radical (unpaired) electrons. The lowest BCUT2D eigenvalue weighted by Gasteiger charge is -2.25. The molecule has 1 aliphatic heterocycles. The molecule has 33 heavy (non-hydrogen) atoms. The molecule has 1 aliphatic rings.